The van der Waals surface area contributed by atoms with E-state index in [0.29, 0.717) is 17.9 Å². The molecule has 0 fully saturated rings. The first kappa shape index (κ1) is 11.2. The maximum Gasteiger partial charge on any atom is 0.336 e. The third kappa shape index (κ3) is 1.88. The summed E-state index contributed by atoms with van der Waals surface area (Å²) in [4.78, 5) is 14.5. The van der Waals surface area contributed by atoms with Crippen LogP contribution in [0.1, 0.15) is 19.0 Å². The zero-order valence-electron chi connectivity index (χ0n) is 9.57. The molecule has 0 saturated heterocycles. The summed E-state index contributed by atoms with van der Waals surface area (Å²) in [6.07, 6.45) is 4.11. The van der Waals surface area contributed by atoms with Gasteiger partial charge in [0.15, 0.2) is 0 Å². The van der Waals surface area contributed by atoms with Gasteiger partial charge in [0, 0.05) is 7.05 Å². The molecule has 90 valence electrons. The Morgan fingerprint density at radius 1 is 1.53 bits per heavy atom. The molecule has 0 aliphatic carbocycles. The molecule has 0 unspecified atom stereocenters. The number of nitrogens with zero attached hydrogens (tertiary/aromatic N) is 6. The molecule has 0 N–H and O–H groups in total. The van der Waals surface area contributed by atoms with Gasteiger partial charge in [-0.3, -0.25) is 10.1 Å². The van der Waals surface area contributed by atoms with Gasteiger partial charge < -0.3 is 0 Å². The van der Waals surface area contributed by atoms with E-state index < -0.39 is 4.92 Å². The number of hydrogen-bond donors (Lipinski definition) is 0. The monoisotopic (exact) mass is 236 g/mol. The number of hydrogen-bond acceptors (Lipinski definition) is 5. The van der Waals surface area contributed by atoms with Crippen LogP contribution in [0.3, 0.4) is 0 Å². The van der Waals surface area contributed by atoms with Crippen LogP contribution in [0.2, 0.25) is 0 Å². The minimum atomic E-state index is -0.422. The van der Waals surface area contributed by atoms with Gasteiger partial charge in [-0.1, -0.05) is 13.3 Å². The Labute approximate surface area is 97.0 Å². The molecular formula is C9H12N6O2. The van der Waals surface area contributed by atoms with Crippen LogP contribution in [-0.4, -0.2) is 29.5 Å². The highest BCUT2D eigenvalue weighted by Crippen LogP contribution is 2.26. The molecule has 17 heavy (non-hydrogen) atoms. The molecule has 8 nitrogen and oxygen atoms in total. The first-order valence-electron chi connectivity index (χ1n) is 5.20. The quantitative estimate of drug-likeness (QED) is 0.580. The van der Waals surface area contributed by atoms with Gasteiger partial charge in [0.25, 0.3) is 0 Å². The Kier molecular flexibility index (Phi) is 2.86. The molecule has 0 spiro atoms. The number of rotatable bonds is 4. The van der Waals surface area contributed by atoms with Crippen molar-refractivity contribution >= 4 is 5.69 Å². The van der Waals surface area contributed by atoms with Crippen molar-refractivity contribution in [3.63, 3.8) is 0 Å². The molecule has 2 rings (SSSR count). The van der Waals surface area contributed by atoms with Crippen molar-refractivity contribution in [2.75, 3.05) is 0 Å². The minimum Gasteiger partial charge on any atom is -0.258 e. The summed E-state index contributed by atoms with van der Waals surface area (Å²) in [5.41, 5.74) is 0.477. The van der Waals surface area contributed by atoms with E-state index in [2.05, 4.69) is 15.2 Å². The summed E-state index contributed by atoms with van der Waals surface area (Å²) in [7, 11) is 1.66. The summed E-state index contributed by atoms with van der Waals surface area (Å²) in [5.74, 6) is 0.330. The average Bonchev–Trinajstić information content (AvgIpc) is 2.85. The van der Waals surface area contributed by atoms with Crippen LogP contribution in [0.25, 0.3) is 5.82 Å². The van der Waals surface area contributed by atoms with Crippen LogP contribution in [0.4, 0.5) is 5.69 Å². The molecule has 2 heterocycles. The zero-order chi connectivity index (χ0) is 12.4. The Hall–Kier alpha value is -2.25. The van der Waals surface area contributed by atoms with Gasteiger partial charge in [-0.25, -0.2) is 9.67 Å². The highest BCUT2D eigenvalue weighted by Gasteiger charge is 2.27. The maximum absolute atomic E-state index is 11.1. The standard InChI is InChI=1S/C9H12N6O2/c1-3-4-7-8(15(16)17)9(13(2)12-7)14-6-10-5-11-14/h5-6H,3-4H2,1-2H3. The first-order valence-corrected chi connectivity index (χ1v) is 5.20. The van der Waals surface area contributed by atoms with Crippen molar-refractivity contribution in [1.29, 1.82) is 0 Å². The predicted molar refractivity (Wildman–Crippen MR) is 58.8 cm³/mol. The van der Waals surface area contributed by atoms with Crippen LogP contribution in [0.15, 0.2) is 12.7 Å². The zero-order valence-corrected chi connectivity index (χ0v) is 9.57. The molecule has 0 saturated carbocycles. The molecule has 0 amide bonds. The van der Waals surface area contributed by atoms with Gasteiger partial charge >= 0.3 is 5.69 Å². The molecule has 0 bridgehead atoms. The second kappa shape index (κ2) is 4.32. The third-order valence-electron chi connectivity index (χ3n) is 2.37. The van der Waals surface area contributed by atoms with Gasteiger partial charge in [-0.05, 0) is 6.42 Å². The van der Waals surface area contributed by atoms with Crippen molar-refractivity contribution in [1.82, 2.24) is 24.5 Å². The molecule has 0 aliphatic heterocycles. The fraction of sp³-hybridized carbons (Fsp3) is 0.444. The molecule has 0 atom stereocenters. The number of nitro groups is 1. The van der Waals surface area contributed by atoms with E-state index in [0.717, 1.165) is 6.42 Å². The molecular weight excluding hydrogens is 224 g/mol. The van der Waals surface area contributed by atoms with Crippen molar-refractivity contribution in [2.45, 2.75) is 19.8 Å². The van der Waals surface area contributed by atoms with Gasteiger partial charge in [-0.15, -0.1) is 0 Å². The van der Waals surface area contributed by atoms with Crippen molar-refractivity contribution in [3.8, 4) is 5.82 Å². The number of aryl methyl sites for hydroxylation is 2. The SMILES string of the molecule is CCCc1nn(C)c(-n2cncn2)c1[N+](=O)[O-]. The Balaban J connectivity index is 2.61. The van der Waals surface area contributed by atoms with Gasteiger partial charge in [0.05, 0.1) is 4.92 Å². The largest absolute Gasteiger partial charge is 0.336 e. The highest BCUT2D eigenvalue weighted by atomic mass is 16.6. The number of aromatic nitrogens is 5. The molecule has 0 aliphatic rings. The average molecular weight is 236 g/mol. The summed E-state index contributed by atoms with van der Waals surface area (Å²) in [5, 5.41) is 19.2. The summed E-state index contributed by atoms with van der Waals surface area (Å²) in [6.45, 7) is 1.95. The van der Waals surface area contributed by atoms with Crippen LogP contribution in [0.5, 0.6) is 0 Å². The Morgan fingerprint density at radius 3 is 2.82 bits per heavy atom. The van der Waals surface area contributed by atoms with Gasteiger partial charge in [0.2, 0.25) is 5.82 Å². The topological polar surface area (TPSA) is 91.7 Å². The predicted octanol–water partition coefficient (Wildman–Crippen LogP) is 0.861. The second-order valence-corrected chi connectivity index (χ2v) is 3.59. The normalized spacial score (nSPS) is 10.7. The van der Waals surface area contributed by atoms with Gasteiger partial charge in [0.1, 0.15) is 18.3 Å². The van der Waals surface area contributed by atoms with E-state index in [1.807, 2.05) is 6.92 Å². The van der Waals surface area contributed by atoms with E-state index >= 15 is 0 Å². The van der Waals surface area contributed by atoms with Crippen LogP contribution in [-0.2, 0) is 13.5 Å². The van der Waals surface area contributed by atoms with Crippen LogP contribution < -0.4 is 0 Å². The highest BCUT2D eigenvalue weighted by molar-refractivity contribution is 5.51. The van der Waals surface area contributed by atoms with E-state index in [4.69, 9.17) is 0 Å². The lowest BCUT2D eigenvalue weighted by Gasteiger charge is -1.99. The second-order valence-electron chi connectivity index (χ2n) is 3.59. The fourth-order valence-electron chi connectivity index (χ4n) is 1.72. The smallest absolute Gasteiger partial charge is 0.258 e. The Bertz CT molecular complexity index is 530. The molecule has 2 aromatic rings. The first-order chi connectivity index (χ1) is 8.15. The molecule has 0 radical (unpaired) electrons. The summed E-state index contributed by atoms with van der Waals surface area (Å²) in [6, 6.07) is 0. The molecule has 2 aromatic heterocycles. The van der Waals surface area contributed by atoms with E-state index in [9.17, 15) is 10.1 Å². The Morgan fingerprint density at radius 2 is 2.29 bits per heavy atom. The maximum atomic E-state index is 11.1. The van der Waals surface area contributed by atoms with Crippen LogP contribution in [0, 0.1) is 10.1 Å². The lowest BCUT2D eigenvalue weighted by atomic mass is 10.2. The minimum absolute atomic E-state index is 0.000139. The van der Waals surface area contributed by atoms with E-state index in [-0.39, 0.29) is 5.69 Å². The van der Waals surface area contributed by atoms with E-state index in [1.165, 1.54) is 22.0 Å². The molecule has 8 heteroatoms. The lowest BCUT2D eigenvalue weighted by Crippen LogP contribution is -2.05. The van der Waals surface area contributed by atoms with Crippen LogP contribution >= 0.6 is 0 Å². The lowest BCUT2D eigenvalue weighted by molar-refractivity contribution is -0.385. The van der Waals surface area contributed by atoms with Crippen molar-refractivity contribution in [3.05, 3.63) is 28.5 Å². The van der Waals surface area contributed by atoms with Gasteiger partial charge in [-0.2, -0.15) is 14.9 Å². The van der Waals surface area contributed by atoms with Crippen molar-refractivity contribution in [2.24, 2.45) is 7.05 Å². The molecule has 0 aromatic carbocycles. The fourth-order valence-corrected chi connectivity index (χ4v) is 1.72. The summed E-state index contributed by atoms with van der Waals surface area (Å²) >= 11 is 0. The van der Waals surface area contributed by atoms with Crippen molar-refractivity contribution < 1.29 is 4.92 Å². The summed E-state index contributed by atoms with van der Waals surface area (Å²) < 4.78 is 2.81. The third-order valence-corrected chi connectivity index (χ3v) is 2.37. The van der Waals surface area contributed by atoms with E-state index in [1.54, 1.807) is 7.05 Å².